The highest BCUT2D eigenvalue weighted by molar-refractivity contribution is 7.89. The van der Waals surface area contributed by atoms with Crippen LogP contribution in [0.4, 0.5) is 10.5 Å². The maximum absolute atomic E-state index is 14.3. The molecule has 2 unspecified atom stereocenters. The molecule has 2 aliphatic rings. The molecule has 1 aromatic heterocycles. The summed E-state index contributed by atoms with van der Waals surface area (Å²) in [6.45, 7) is 4.80. The quantitative estimate of drug-likeness (QED) is 0.0880. The number of hydrogen-bond acceptors (Lipinski definition) is 10. The Morgan fingerprint density at radius 2 is 1.87 bits per heavy atom. The van der Waals surface area contributed by atoms with E-state index in [4.69, 9.17) is 19.9 Å². The zero-order valence-corrected chi connectivity index (χ0v) is 30.2. The van der Waals surface area contributed by atoms with Crippen molar-refractivity contribution < 1.29 is 37.6 Å². The van der Waals surface area contributed by atoms with Crippen molar-refractivity contribution in [3.8, 4) is 5.88 Å². The second-order valence-electron chi connectivity index (χ2n) is 13.8. The molecular formula is C38H47N5O8S. The zero-order valence-electron chi connectivity index (χ0n) is 29.4. The fourth-order valence-electron chi connectivity index (χ4n) is 6.69. The van der Waals surface area contributed by atoms with E-state index in [0.29, 0.717) is 48.1 Å². The summed E-state index contributed by atoms with van der Waals surface area (Å²) in [4.78, 5) is 20.6. The van der Waals surface area contributed by atoms with Crippen molar-refractivity contribution in [3.63, 3.8) is 0 Å². The van der Waals surface area contributed by atoms with E-state index in [1.165, 1.54) is 22.7 Å². The summed E-state index contributed by atoms with van der Waals surface area (Å²) in [6, 6.07) is 20.5. The molecule has 1 amide bonds. The van der Waals surface area contributed by atoms with Gasteiger partial charge >= 0.3 is 6.09 Å². The predicted molar refractivity (Wildman–Crippen MR) is 198 cm³/mol. The van der Waals surface area contributed by atoms with Gasteiger partial charge in [0.2, 0.25) is 10.0 Å². The lowest BCUT2D eigenvalue weighted by Crippen LogP contribution is -2.51. The van der Waals surface area contributed by atoms with Gasteiger partial charge in [-0.25, -0.2) is 13.2 Å². The molecule has 6 rings (SSSR count). The van der Waals surface area contributed by atoms with Crippen LogP contribution in [0.5, 0.6) is 5.88 Å². The third kappa shape index (κ3) is 8.93. The fraction of sp³-hybridized carbons (Fsp3) is 0.421. The Balaban J connectivity index is 1.20. The molecule has 6 N–H and O–H groups in total. The first kappa shape index (κ1) is 37.3. The van der Waals surface area contributed by atoms with Crippen LogP contribution < -0.4 is 11.1 Å². The normalized spacial score (nSPS) is 20.1. The fourth-order valence-corrected chi connectivity index (χ4v) is 8.34. The molecule has 0 spiro atoms. The van der Waals surface area contributed by atoms with Crippen molar-refractivity contribution >= 4 is 38.9 Å². The first-order valence-electron chi connectivity index (χ1n) is 17.6. The van der Waals surface area contributed by atoms with Crippen LogP contribution in [0.25, 0.3) is 10.9 Å². The number of nitrogens with zero attached hydrogens (tertiary/aromatic N) is 2. The van der Waals surface area contributed by atoms with Crippen LogP contribution in [0.15, 0.2) is 82.7 Å². The number of aromatic hydroxyl groups is 1. The lowest BCUT2D eigenvalue weighted by Gasteiger charge is -2.31. The van der Waals surface area contributed by atoms with Gasteiger partial charge in [0.15, 0.2) is 12.2 Å². The summed E-state index contributed by atoms with van der Waals surface area (Å²) in [5.74, 6) is -0.270. The van der Waals surface area contributed by atoms with Crippen molar-refractivity contribution in [2.45, 2.75) is 62.5 Å². The highest BCUT2D eigenvalue weighted by Gasteiger charge is 2.44. The van der Waals surface area contributed by atoms with Gasteiger partial charge in [-0.3, -0.25) is 4.99 Å². The Labute approximate surface area is 303 Å². The lowest BCUT2D eigenvalue weighted by molar-refractivity contribution is -0.0907. The van der Waals surface area contributed by atoms with Gasteiger partial charge in [0.25, 0.3) is 0 Å². The van der Waals surface area contributed by atoms with E-state index in [0.717, 1.165) is 11.1 Å². The molecule has 0 bridgehead atoms. The second-order valence-corrected chi connectivity index (χ2v) is 15.8. The number of carbonyl (C=O) groups excluding carboxylic acids is 1. The summed E-state index contributed by atoms with van der Waals surface area (Å²) in [5, 5.41) is 25.7. The van der Waals surface area contributed by atoms with Gasteiger partial charge in [-0.05, 0) is 66.6 Å². The van der Waals surface area contributed by atoms with E-state index in [-0.39, 0.29) is 48.7 Å². The Bertz CT molecular complexity index is 1950. The highest BCUT2D eigenvalue weighted by Crippen LogP contribution is 2.33. The number of ether oxygens (including phenoxy) is 3. The Morgan fingerprint density at radius 1 is 1.10 bits per heavy atom. The smallest absolute Gasteiger partial charge is 0.407 e. The summed E-state index contributed by atoms with van der Waals surface area (Å²) >= 11 is 0. The Hall–Kier alpha value is -4.47. The number of aromatic nitrogens is 1. The van der Waals surface area contributed by atoms with E-state index in [2.05, 4.69) is 15.3 Å². The first-order chi connectivity index (χ1) is 25.0. The molecule has 13 nitrogen and oxygen atoms in total. The first-order valence-corrected chi connectivity index (χ1v) is 19.0. The number of nitrogens with two attached hydrogens (primary N) is 1. The summed E-state index contributed by atoms with van der Waals surface area (Å²) in [6.07, 6.45) is 0.250. The molecule has 0 saturated carbocycles. The van der Waals surface area contributed by atoms with Crippen LogP contribution in [0.2, 0.25) is 0 Å². The number of aliphatic hydroxyl groups excluding tert-OH is 1. The van der Waals surface area contributed by atoms with Crippen molar-refractivity contribution in [2.75, 3.05) is 38.6 Å². The van der Waals surface area contributed by atoms with Crippen LogP contribution in [0, 0.1) is 11.8 Å². The molecule has 52 heavy (non-hydrogen) atoms. The molecule has 2 fully saturated rings. The number of amides is 1. The van der Waals surface area contributed by atoms with Crippen LogP contribution in [0.1, 0.15) is 37.0 Å². The van der Waals surface area contributed by atoms with E-state index in [1.54, 1.807) is 6.07 Å². The number of rotatable bonds is 15. The minimum absolute atomic E-state index is 0.00933. The highest BCUT2D eigenvalue weighted by atomic mass is 32.2. The zero-order chi connectivity index (χ0) is 36.8. The van der Waals surface area contributed by atoms with Crippen molar-refractivity contribution in [1.82, 2.24) is 14.6 Å². The predicted octanol–water partition coefficient (Wildman–Crippen LogP) is 4.22. The number of sulfonamides is 1. The minimum atomic E-state index is -4.17. The standard InChI is InChI=1S/C38H47N5O8S/c1-24(2)21-43(22-34(44)33(18-26-6-4-3-5-7-26)42-38(46)51-35-23-50-37-29(35)15-17-49-37)52(47,48)28-12-13-32-30(19-28)31(36(45)41-32)20-40-16-14-25-8-10-27(39)11-9-25/h3-13,19-20,24,29,33-35,37,41,44-45H,14-18,21-23,39H2,1-2H3,(H,42,46)/t29?,33-,34+,35-,37?/m0/s1. The Kier molecular flexibility index (Phi) is 11.8. The SMILES string of the molecule is CC(C)CN(C[C@@H](O)[C@H](Cc1ccccc1)NC(=O)O[C@H]1COC2OCCC21)S(=O)(=O)c1ccc2[nH]c(O)c(C=NCCc3ccc(N)cc3)c2c1. The molecule has 278 valence electrons. The maximum atomic E-state index is 14.3. The number of benzene rings is 3. The number of carbonyl (C=O) groups is 1. The van der Waals surface area contributed by atoms with Crippen LogP contribution in [-0.2, 0) is 37.1 Å². The molecule has 0 aliphatic carbocycles. The van der Waals surface area contributed by atoms with Gasteiger partial charge in [-0.2, -0.15) is 4.31 Å². The minimum Gasteiger partial charge on any atom is -0.494 e. The molecule has 5 atom stereocenters. The van der Waals surface area contributed by atoms with E-state index >= 15 is 0 Å². The van der Waals surface area contributed by atoms with Crippen molar-refractivity contribution in [3.05, 3.63) is 89.5 Å². The molecular weight excluding hydrogens is 687 g/mol. The number of aliphatic imine (C=N–C) groups is 1. The molecule has 14 heteroatoms. The lowest BCUT2D eigenvalue weighted by atomic mass is 10.0. The summed E-state index contributed by atoms with van der Waals surface area (Å²) in [5.41, 5.74) is 9.28. The molecule has 3 aromatic carbocycles. The molecule has 0 radical (unpaired) electrons. The number of anilines is 1. The summed E-state index contributed by atoms with van der Waals surface area (Å²) in [7, 11) is -4.17. The van der Waals surface area contributed by atoms with Crippen LogP contribution in [-0.4, -0.2) is 97.6 Å². The van der Waals surface area contributed by atoms with Gasteiger partial charge in [0.05, 0.1) is 41.7 Å². The summed E-state index contributed by atoms with van der Waals surface area (Å²) < 4.78 is 46.7. The monoisotopic (exact) mass is 733 g/mol. The molecule has 2 aliphatic heterocycles. The number of hydrogen-bond donors (Lipinski definition) is 5. The number of H-pyrrole nitrogens is 1. The molecule has 3 heterocycles. The van der Waals surface area contributed by atoms with Crippen LogP contribution >= 0.6 is 0 Å². The van der Waals surface area contributed by atoms with Gasteiger partial charge in [0, 0.05) is 42.4 Å². The van der Waals surface area contributed by atoms with Crippen molar-refractivity contribution in [2.24, 2.45) is 16.8 Å². The maximum Gasteiger partial charge on any atom is 0.407 e. The topological polar surface area (TPSA) is 189 Å². The van der Waals surface area contributed by atoms with Gasteiger partial charge < -0.3 is 40.5 Å². The molecule has 4 aromatic rings. The van der Waals surface area contributed by atoms with E-state index < -0.39 is 40.7 Å². The number of nitrogen functional groups attached to an aromatic ring is 1. The molecule has 2 saturated heterocycles. The van der Waals surface area contributed by atoms with Crippen LogP contribution in [0.3, 0.4) is 0 Å². The van der Waals surface area contributed by atoms with E-state index in [9.17, 15) is 23.4 Å². The number of fused-ring (bicyclic) bond motifs is 2. The number of aliphatic hydroxyl groups is 1. The Morgan fingerprint density at radius 3 is 2.62 bits per heavy atom. The third-order valence-corrected chi connectivity index (χ3v) is 11.3. The third-order valence-electron chi connectivity index (χ3n) is 9.43. The average molecular weight is 734 g/mol. The number of nitrogens with one attached hydrogen (secondary N) is 2. The van der Waals surface area contributed by atoms with E-state index in [1.807, 2.05) is 68.4 Å². The van der Waals surface area contributed by atoms with Gasteiger partial charge in [0.1, 0.15) is 6.10 Å². The second kappa shape index (κ2) is 16.5. The average Bonchev–Trinajstić information content (AvgIpc) is 3.82. The number of alkyl carbamates (subject to hydrolysis) is 1. The number of aromatic amines is 1. The van der Waals surface area contributed by atoms with Gasteiger partial charge in [-0.15, -0.1) is 0 Å². The van der Waals surface area contributed by atoms with Gasteiger partial charge in [-0.1, -0.05) is 56.3 Å². The largest absolute Gasteiger partial charge is 0.494 e. The van der Waals surface area contributed by atoms with Crippen molar-refractivity contribution in [1.29, 1.82) is 0 Å².